The fraction of sp³-hybridized carbons (Fsp3) is 0.333. The first-order valence-electron chi connectivity index (χ1n) is 5.93. The molecule has 0 N–H and O–H groups in total. The molecule has 0 amide bonds. The van der Waals surface area contributed by atoms with Crippen LogP contribution in [-0.4, -0.2) is 37.8 Å². The minimum Gasteiger partial charge on any atom is -0.500 e. The Labute approximate surface area is 116 Å². The zero-order valence-electron chi connectivity index (χ0n) is 10.9. The summed E-state index contributed by atoms with van der Waals surface area (Å²) in [6.45, 7) is 0.367. The molecule has 0 bridgehead atoms. The number of nitrogens with zero attached hydrogens (tertiary/aromatic N) is 2. The summed E-state index contributed by atoms with van der Waals surface area (Å²) in [5.74, 6) is 0.540. The Bertz CT molecular complexity index is 654. The lowest BCUT2D eigenvalue weighted by atomic mass is 10.3. The van der Waals surface area contributed by atoms with E-state index in [1.807, 2.05) is 6.08 Å². The minimum absolute atomic E-state index is 0.0882. The number of hydrogen-bond acceptors (Lipinski definition) is 5. The molecule has 8 heteroatoms. The van der Waals surface area contributed by atoms with Crippen molar-refractivity contribution >= 4 is 15.7 Å². The van der Waals surface area contributed by atoms with Gasteiger partial charge in [0.2, 0.25) is 10.0 Å². The Morgan fingerprint density at radius 2 is 2.05 bits per heavy atom. The molecular formula is C12H14N2O5S. The van der Waals surface area contributed by atoms with Crippen LogP contribution in [0.25, 0.3) is 0 Å². The van der Waals surface area contributed by atoms with Gasteiger partial charge in [0.05, 0.1) is 18.6 Å². The fourth-order valence-corrected chi connectivity index (χ4v) is 3.58. The summed E-state index contributed by atoms with van der Waals surface area (Å²) >= 11 is 0. The maximum atomic E-state index is 12.5. The first-order chi connectivity index (χ1) is 9.46. The summed E-state index contributed by atoms with van der Waals surface area (Å²) in [5, 5.41) is 11.0. The van der Waals surface area contributed by atoms with Crippen LogP contribution in [0.1, 0.15) is 6.42 Å². The van der Waals surface area contributed by atoms with E-state index in [4.69, 9.17) is 4.74 Å². The molecule has 1 heterocycles. The molecule has 0 fully saturated rings. The smallest absolute Gasteiger partial charge is 0.289 e. The Balaban J connectivity index is 2.41. The number of sulfonamides is 1. The molecule has 0 aliphatic carbocycles. The fourth-order valence-electron chi connectivity index (χ4n) is 2.01. The molecule has 0 saturated carbocycles. The van der Waals surface area contributed by atoms with E-state index in [-0.39, 0.29) is 18.0 Å². The molecule has 1 aliphatic heterocycles. The van der Waals surface area contributed by atoms with Crippen molar-refractivity contribution in [2.75, 3.05) is 20.2 Å². The second kappa shape index (κ2) is 5.59. The van der Waals surface area contributed by atoms with Gasteiger partial charge < -0.3 is 4.74 Å². The molecular weight excluding hydrogens is 284 g/mol. The van der Waals surface area contributed by atoms with Crippen LogP contribution < -0.4 is 0 Å². The van der Waals surface area contributed by atoms with Crippen LogP contribution >= 0.6 is 0 Å². The van der Waals surface area contributed by atoms with Crippen LogP contribution in [0.15, 0.2) is 41.0 Å². The van der Waals surface area contributed by atoms with E-state index in [9.17, 15) is 18.5 Å². The van der Waals surface area contributed by atoms with Crippen molar-refractivity contribution < 1.29 is 18.1 Å². The average Bonchev–Trinajstić information content (AvgIpc) is 2.47. The lowest BCUT2D eigenvalue weighted by molar-refractivity contribution is -0.387. The number of ether oxygens (including phenoxy) is 1. The number of nitro benzene ring substituents is 1. The number of methoxy groups -OCH3 is 1. The molecule has 2 rings (SSSR count). The number of benzene rings is 1. The maximum absolute atomic E-state index is 12.5. The van der Waals surface area contributed by atoms with Crippen molar-refractivity contribution in [2.24, 2.45) is 0 Å². The molecule has 1 aliphatic rings. The van der Waals surface area contributed by atoms with Crippen molar-refractivity contribution in [1.29, 1.82) is 0 Å². The Morgan fingerprint density at radius 3 is 2.70 bits per heavy atom. The lowest BCUT2D eigenvalue weighted by Gasteiger charge is -2.25. The zero-order valence-corrected chi connectivity index (χ0v) is 11.7. The summed E-state index contributed by atoms with van der Waals surface area (Å²) in [7, 11) is -2.44. The molecule has 7 nitrogen and oxygen atoms in total. The minimum atomic E-state index is -3.91. The monoisotopic (exact) mass is 298 g/mol. The van der Waals surface area contributed by atoms with Gasteiger partial charge in [0.1, 0.15) is 5.76 Å². The van der Waals surface area contributed by atoms with Gasteiger partial charge >= 0.3 is 0 Å². The molecule has 0 saturated heterocycles. The molecule has 108 valence electrons. The van der Waals surface area contributed by atoms with Crippen molar-refractivity contribution in [3.63, 3.8) is 0 Å². The molecule has 1 aromatic rings. The quantitative estimate of drug-likeness (QED) is 0.621. The summed E-state index contributed by atoms with van der Waals surface area (Å²) in [5.41, 5.74) is -0.416. The van der Waals surface area contributed by atoms with Crippen molar-refractivity contribution in [2.45, 2.75) is 11.3 Å². The van der Waals surface area contributed by atoms with Gasteiger partial charge in [0, 0.05) is 12.6 Å². The lowest BCUT2D eigenvalue weighted by Crippen LogP contribution is -2.36. The van der Waals surface area contributed by atoms with Crippen molar-refractivity contribution in [3.05, 3.63) is 46.2 Å². The Hall–Kier alpha value is -1.93. The number of para-hydroxylation sites is 1. The first kappa shape index (κ1) is 14.5. The van der Waals surface area contributed by atoms with Gasteiger partial charge in [-0.3, -0.25) is 10.1 Å². The van der Waals surface area contributed by atoms with Gasteiger partial charge in [-0.2, -0.15) is 4.31 Å². The zero-order chi connectivity index (χ0) is 14.8. The third-order valence-corrected chi connectivity index (χ3v) is 4.92. The van der Waals surface area contributed by atoms with E-state index in [0.717, 1.165) is 0 Å². The number of nitro groups is 1. The molecule has 1 aromatic carbocycles. The normalized spacial score (nSPS) is 16.6. The van der Waals surface area contributed by atoms with Crippen LogP contribution in [0, 0.1) is 10.1 Å². The van der Waals surface area contributed by atoms with E-state index < -0.39 is 20.6 Å². The Kier molecular flexibility index (Phi) is 4.05. The highest BCUT2D eigenvalue weighted by Gasteiger charge is 2.32. The van der Waals surface area contributed by atoms with Gasteiger partial charge in [-0.25, -0.2) is 8.42 Å². The molecule has 0 radical (unpaired) electrons. The summed E-state index contributed by atoms with van der Waals surface area (Å²) < 4.78 is 31.3. The van der Waals surface area contributed by atoms with E-state index in [0.29, 0.717) is 12.2 Å². The predicted octanol–water partition coefficient (Wildman–Crippen LogP) is 1.52. The number of rotatable bonds is 4. The van der Waals surface area contributed by atoms with E-state index in [2.05, 4.69) is 0 Å². The third-order valence-electron chi connectivity index (χ3n) is 3.02. The Morgan fingerprint density at radius 1 is 1.35 bits per heavy atom. The summed E-state index contributed by atoms with van der Waals surface area (Å²) in [6, 6.07) is 5.34. The van der Waals surface area contributed by atoms with Gasteiger partial charge in [-0.15, -0.1) is 0 Å². The third kappa shape index (κ3) is 2.66. The van der Waals surface area contributed by atoms with Crippen molar-refractivity contribution in [1.82, 2.24) is 4.31 Å². The largest absolute Gasteiger partial charge is 0.500 e. The molecule has 0 spiro atoms. The topological polar surface area (TPSA) is 89.8 Å². The van der Waals surface area contributed by atoms with E-state index >= 15 is 0 Å². The maximum Gasteiger partial charge on any atom is 0.289 e. The highest BCUT2D eigenvalue weighted by atomic mass is 32.2. The van der Waals surface area contributed by atoms with Gasteiger partial charge in [0.15, 0.2) is 4.90 Å². The molecule has 0 unspecified atom stereocenters. The van der Waals surface area contributed by atoms with E-state index in [1.165, 1.54) is 35.7 Å². The standard InChI is InChI=1S/C12H14N2O5S/c1-19-10-5-4-8-13(9-10)20(17,18)12-7-3-2-6-11(12)14(15)16/h2-3,5-7H,4,8-9H2,1H3. The van der Waals surface area contributed by atoms with Crippen molar-refractivity contribution in [3.8, 4) is 0 Å². The van der Waals surface area contributed by atoms with Gasteiger partial charge in [-0.05, 0) is 18.6 Å². The van der Waals surface area contributed by atoms with Crippen LogP contribution in [0.4, 0.5) is 5.69 Å². The highest BCUT2D eigenvalue weighted by Crippen LogP contribution is 2.28. The highest BCUT2D eigenvalue weighted by molar-refractivity contribution is 7.89. The first-order valence-corrected chi connectivity index (χ1v) is 7.37. The molecule has 0 aromatic heterocycles. The molecule has 20 heavy (non-hydrogen) atoms. The average molecular weight is 298 g/mol. The van der Waals surface area contributed by atoms with Crippen LogP contribution in [0.5, 0.6) is 0 Å². The van der Waals surface area contributed by atoms with E-state index in [1.54, 1.807) is 0 Å². The second-order valence-corrected chi connectivity index (χ2v) is 6.13. The molecule has 0 atom stereocenters. The predicted molar refractivity (Wildman–Crippen MR) is 71.6 cm³/mol. The summed E-state index contributed by atoms with van der Waals surface area (Å²) in [6.07, 6.45) is 2.33. The summed E-state index contributed by atoms with van der Waals surface area (Å²) in [4.78, 5) is 9.98. The number of hydrogen-bond donors (Lipinski definition) is 0. The van der Waals surface area contributed by atoms with Crippen LogP contribution in [-0.2, 0) is 14.8 Å². The van der Waals surface area contributed by atoms with Crippen LogP contribution in [0.3, 0.4) is 0 Å². The van der Waals surface area contributed by atoms with Gasteiger partial charge in [0.25, 0.3) is 5.69 Å². The SMILES string of the molecule is COC1=CCCN(S(=O)(=O)c2ccccc2[N+](=O)[O-])C1. The van der Waals surface area contributed by atoms with Crippen LogP contribution in [0.2, 0.25) is 0 Å². The second-order valence-electron chi connectivity index (χ2n) is 4.23. The van der Waals surface area contributed by atoms with Gasteiger partial charge in [-0.1, -0.05) is 12.1 Å².